The molecule has 1 aliphatic heterocycles. The minimum Gasteiger partial charge on any atom is -0.356 e. The third kappa shape index (κ3) is 4.84. The number of nitrogens with one attached hydrogen (secondary N) is 2. The number of hydrogen-bond donors (Lipinski definition) is 2. The van der Waals surface area contributed by atoms with E-state index in [2.05, 4.69) is 10.6 Å². The molecule has 100 valence electrons. The molecule has 1 unspecified atom stereocenters. The van der Waals surface area contributed by atoms with Crippen molar-refractivity contribution >= 4 is 18.3 Å². The zero-order valence-electron chi connectivity index (χ0n) is 10.5. The zero-order valence-corrected chi connectivity index (χ0v) is 11.4. The molecule has 1 saturated carbocycles. The standard InChI is InChI=1S/C13H24N2O.ClH/c16-13(12-5-1-2-6-12)15-9-7-11-4-3-8-14-10-11;/h11-12,14H,1-10H2,(H,15,16);1H. The molecule has 1 saturated heterocycles. The second-order valence-electron chi connectivity index (χ2n) is 5.27. The lowest BCUT2D eigenvalue weighted by Gasteiger charge is -2.22. The number of carbonyl (C=O) groups is 1. The van der Waals surface area contributed by atoms with E-state index >= 15 is 0 Å². The van der Waals surface area contributed by atoms with Crippen LogP contribution in [-0.2, 0) is 4.79 Å². The molecule has 17 heavy (non-hydrogen) atoms. The van der Waals surface area contributed by atoms with Crippen LogP contribution in [0.1, 0.15) is 44.9 Å². The smallest absolute Gasteiger partial charge is 0.223 e. The lowest BCUT2D eigenvalue weighted by atomic mass is 9.96. The Labute approximate surface area is 111 Å². The van der Waals surface area contributed by atoms with Crippen LogP contribution in [0.5, 0.6) is 0 Å². The van der Waals surface area contributed by atoms with Crippen molar-refractivity contribution in [3.05, 3.63) is 0 Å². The molecule has 0 spiro atoms. The highest BCUT2D eigenvalue weighted by Gasteiger charge is 2.22. The Balaban J connectivity index is 0.00000144. The fourth-order valence-electron chi connectivity index (χ4n) is 2.90. The molecule has 1 aliphatic carbocycles. The van der Waals surface area contributed by atoms with Gasteiger partial charge in [0, 0.05) is 12.5 Å². The Hall–Kier alpha value is -0.280. The van der Waals surface area contributed by atoms with E-state index in [1.807, 2.05) is 0 Å². The predicted octanol–water partition coefficient (Wildman–Crippen LogP) is 2.10. The molecule has 0 bridgehead atoms. The van der Waals surface area contributed by atoms with Gasteiger partial charge in [-0.2, -0.15) is 0 Å². The van der Waals surface area contributed by atoms with Crippen molar-refractivity contribution in [3.63, 3.8) is 0 Å². The van der Waals surface area contributed by atoms with Gasteiger partial charge in [0.05, 0.1) is 0 Å². The van der Waals surface area contributed by atoms with Crippen molar-refractivity contribution in [2.45, 2.75) is 44.9 Å². The highest BCUT2D eigenvalue weighted by Crippen LogP contribution is 2.24. The van der Waals surface area contributed by atoms with E-state index in [0.29, 0.717) is 11.8 Å². The molecule has 2 rings (SSSR count). The fourth-order valence-corrected chi connectivity index (χ4v) is 2.90. The minimum absolute atomic E-state index is 0. The van der Waals surface area contributed by atoms with E-state index in [-0.39, 0.29) is 12.4 Å². The summed E-state index contributed by atoms with van der Waals surface area (Å²) in [5, 5.41) is 6.52. The molecule has 2 fully saturated rings. The van der Waals surface area contributed by atoms with Crippen molar-refractivity contribution in [1.82, 2.24) is 10.6 Å². The van der Waals surface area contributed by atoms with Crippen LogP contribution in [0.2, 0.25) is 0 Å². The van der Waals surface area contributed by atoms with Crippen LogP contribution in [-0.4, -0.2) is 25.5 Å². The number of carbonyl (C=O) groups excluding carboxylic acids is 1. The quantitative estimate of drug-likeness (QED) is 0.813. The molecule has 4 heteroatoms. The molecular weight excluding hydrogens is 236 g/mol. The van der Waals surface area contributed by atoms with Gasteiger partial charge in [0.15, 0.2) is 0 Å². The summed E-state index contributed by atoms with van der Waals surface area (Å²) in [5.41, 5.74) is 0. The van der Waals surface area contributed by atoms with Gasteiger partial charge >= 0.3 is 0 Å². The summed E-state index contributed by atoms with van der Waals surface area (Å²) in [6.07, 6.45) is 8.46. The minimum atomic E-state index is 0. The van der Waals surface area contributed by atoms with Gasteiger partial charge in [0.1, 0.15) is 0 Å². The molecule has 3 nitrogen and oxygen atoms in total. The normalized spacial score (nSPS) is 25.3. The van der Waals surface area contributed by atoms with E-state index in [1.165, 1.54) is 32.2 Å². The van der Waals surface area contributed by atoms with Gasteiger partial charge in [0.25, 0.3) is 0 Å². The van der Waals surface area contributed by atoms with Crippen LogP contribution in [0.15, 0.2) is 0 Å². The van der Waals surface area contributed by atoms with Gasteiger partial charge in [-0.05, 0) is 51.1 Å². The third-order valence-electron chi connectivity index (χ3n) is 3.98. The summed E-state index contributed by atoms with van der Waals surface area (Å²) in [5.74, 6) is 1.41. The highest BCUT2D eigenvalue weighted by atomic mass is 35.5. The summed E-state index contributed by atoms with van der Waals surface area (Å²) in [4.78, 5) is 11.8. The monoisotopic (exact) mass is 260 g/mol. The number of hydrogen-bond acceptors (Lipinski definition) is 2. The molecule has 1 heterocycles. The summed E-state index contributed by atoms with van der Waals surface area (Å²) in [6, 6.07) is 0. The second-order valence-corrected chi connectivity index (χ2v) is 5.27. The molecule has 0 radical (unpaired) electrons. The Morgan fingerprint density at radius 1 is 1.18 bits per heavy atom. The van der Waals surface area contributed by atoms with Gasteiger partial charge in [-0.15, -0.1) is 12.4 Å². The predicted molar refractivity (Wildman–Crippen MR) is 72.4 cm³/mol. The summed E-state index contributed by atoms with van der Waals surface area (Å²) >= 11 is 0. The summed E-state index contributed by atoms with van der Waals surface area (Å²) < 4.78 is 0. The molecule has 2 aliphatic rings. The third-order valence-corrected chi connectivity index (χ3v) is 3.98. The van der Waals surface area contributed by atoms with E-state index in [9.17, 15) is 4.79 Å². The number of halogens is 1. The van der Waals surface area contributed by atoms with Crippen LogP contribution in [0.3, 0.4) is 0 Å². The zero-order chi connectivity index (χ0) is 11.2. The van der Waals surface area contributed by atoms with Crippen LogP contribution in [0.4, 0.5) is 0 Å². The molecule has 1 amide bonds. The number of piperidine rings is 1. The molecular formula is C13H25ClN2O. The van der Waals surface area contributed by atoms with Gasteiger partial charge in [0.2, 0.25) is 5.91 Å². The Kier molecular flexibility index (Phi) is 6.90. The molecule has 0 aromatic rings. The maximum atomic E-state index is 11.8. The van der Waals surface area contributed by atoms with Crippen molar-refractivity contribution in [2.75, 3.05) is 19.6 Å². The highest BCUT2D eigenvalue weighted by molar-refractivity contribution is 5.85. The Morgan fingerprint density at radius 3 is 2.59 bits per heavy atom. The average molecular weight is 261 g/mol. The van der Waals surface area contributed by atoms with Crippen molar-refractivity contribution in [3.8, 4) is 0 Å². The van der Waals surface area contributed by atoms with E-state index < -0.39 is 0 Å². The maximum Gasteiger partial charge on any atom is 0.223 e. The van der Waals surface area contributed by atoms with Gasteiger partial charge in [-0.3, -0.25) is 4.79 Å². The molecule has 0 aromatic carbocycles. The van der Waals surface area contributed by atoms with Crippen LogP contribution in [0.25, 0.3) is 0 Å². The lowest BCUT2D eigenvalue weighted by Crippen LogP contribution is -2.34. The average Bonchev–Trinajstić information content (AvgIpc) is 2.84. The summed E-state index contributed by atoms with van der Waals surface area (Å²) in [7, 11) is 0. The molecule has 0 aromatic heterocycles. The van der Waals surface area contributed by atoms with Gasteiger partial charge in [-0.1, -0.05) is 12.8 Å². The first-order valence-electron chi connectivity index (χ1n) is 6.84. The van der Waals surface area contributed by atoms with Crippen molar-refractivity contribution in [2.24, 2.45) is 11.8 Å². The van der Waals surface area contributed by atoms with Gasteiger partial charge in [-0.25, -0.2) is 0 Å². The largest absolute Gasteiger partial charge is 0.356 e. The SMILES string of the molecule is Cl.O=C(NCCC1CCCNC1)C1CCCC1. The van der Waals surface area contributed by atoms with Crippen LogP contribution >= 0.6 is 12.4 Å². The molecule has 1 atom stereocenters. The van der Waals surface area contributed by atoms with E-state index in [1.54, 1.807) is 0 Å². The van der Waals surface area contributed by atoms with E-state index in [0.717, 1.165) is 38.3 Å². The lowest BCUT2D eigenvalue weighted by molar-refractivity contribution is -0.124. The number of rotatable bonds is 4. The first kappa shape index (κ1) is 14.8. The van der Waals surface area contributed by atoms with E-state index in [4.69, 9.17) is 0 Å². The van der Waals surface area contributed by atoms with Gasteiger partial charge < -0.3 is 10.6 Å². The Bertz CT molecular complexity index is 223. The first-order valence-corrected chi connectivity index (χ1v) is 6.84. The number of amides is 1. The maximum absolute atomic E-state index is 11.8. The molecule has 2 N–H and O–H groups in total. The van der Waals surface area contributed by atoms with Crippen LogP contribution in [0, 0.1) is 11.8 Å². The summed E-state index contributed by atoms with van der Waals surface area (Å²) in [6.45, 7) is 3.19. The fraction of sp³-hybridized carbons (Fsp3) is 0.923. The first-order chi connectivity index (χ1) is 7.86. The second kappa shape index (κ2) is 7.93. The van der Waals surface area contributed by atoms with Crippen molar-refractivity contribution < 1.29 is 4.79 Å². The Morgan fingerprint density at radius 2 is 1.94 bits per heavy atom. The van der Waals surface area contributed by atoms with Crippen LogP contribution < -0.4 is 10.6 Å². The topological polar surface area (TPSA) is 41.1 Å². The van der Waals surface area contributed by atoms with Crippen molar-refractivity contribution in [1.29, 1.82) is 0 Å².